The van der Waals surface area contributed by atoms with Crippen LogP contribution in [0.15, 0.2) is 42.5 Å². The first kappa shape index (κ1) is 15.7. The van der Waals surface area contributed by atoms with E-state index in [1.165, 1.54) is 11.1 Å². The van der Waals surface area contributed by atoms with E-state index in [1.807, 2.05) is 18.2 Å². The van der Waals surface area contributed by atoms with Crippen LogP contribution in [0.1, 0.15) is 36.9 Å². The van der Waals surface area contributed by atoms with Crippen LogP contribution in [0.5, 0.6) is 5.75 Å². The van der Waals surface area contributed by atoms with Crippen LogP contribution in [0.4, 0.5) is 5.69 Å². The Morgan fingerprint density at radius 1 is 1.14 bits per heavy atom. The second kappa shape index (κ2) is 7.37. The van der Waals surface area contributed by atoms with Gasteiger partial charge in [0.25, 0.3) is 0 Å². The van der Waals surface area contributed by atoms with Crippen molar-refractivity contribution in [3.05, 3.63) is 58.6 Å². The van der Waals surface area contributed by atoms with Crippen molar-refractivity contribution in [2.24, 2.45) is 0 Å². The van der Waals surface area contributed by atoms with Crippen molar-refractivity contribution < 1.29 is 4.74 Å². The van der Waals surface area contributed by atoms with Gasteiger partial charge >= 0.3 is 0 Å². The molecule has 1 atom stereocenters. The van der Waals surface area contributed by atoms with Crippen LogP contribution in [0.25, 0.3) is 0 Å². The molecule has 0 aliphatic carbocycles. The molecule has 112 valence electrons. The van der Waals surface area contributed by atoms with Gasteiger partial charge in [0, 0.05) is 5.02 Å². The van der Waals surface area contributed by atoms with Gasteiger partial charge in [-0.15, -0.1) is 0 Å². The first-order valence-electron chi connectivity index (χ1n) is 7.30. The van der Waals surface area contributed by atoms with Crippen molar-refractivity contribution in [3.63, 3.8) is 0 Å². The zero-order valence-corrected chi connectivity index (χ0v) is 13.6. The van der Waals surface area contributed by atoms with Crippen molar-refractivity contribution in [2.75, 3.05) is 12.4 Å². The molecule has 2 nitrogen and oxygen atoms in total. The fourth-order valence-corrected chi connectivity index (χ4v) is 2.54. The van der Waals surface area contributed by atoms with Crippen molar-refractivity contribution in [1.29, 1.82) is 0 Å². The van der Waals surface area contributed by atoms with E-state index in [0.29, 0.717) is 0 Å². The van der Waals surface area contributed by atoms with Gasteiger partial charge < -0.3 is 10.1 Å². The molecule has 2 aromatic rings. The Bertz CT molecular complexity index is 580. The largest absolute Gasteiger partial charge is 0.495 e. The molecule has 0 heterocycles. The number of rotatable bonds is 6. The number of halogens is 1. The Hall–Kier alpha value is -1.67. The lowest BCUT2D eigenvalue weighted by Gasteiger charge is -2.22. The Kier molecular flexibility index (Phi) is 5.51. The molecule has 0 saturated heterocycles. The fraction of sp³-hybridized carbons (Fsp3) is 0.333. The molecule has 21 heavy (non-hydrogen) atoms. The molecule has 0 amide bonds. The summed E-state index contributed by atoms with van der Waals surface area (Å²) >= 11 is 5.98. The number of nitrogens with one attached hydrogen (secondary N) is 1. The minimum atomic E-state index is 0.254. The molecular formula is C18H22ClNO. The van der Waals surface area contributed by atoms with E-state index in [-0.39, 0.29) is 6.04 Å². The van der Waals surface area contributed by atoms with E-state index in [1.54, 1.807) is 7.11 Å². The smallest absolute Gasteiger partial charge is 0.142 e. The highest BCUT2D eigenvalue weighted by atomic mass is 35.5. The van der Waals surface area contributed by atoms with E-state index in [4.69, 9.17) is 16.3 Å². The number of anilines is 1. The van der Waals surface area contributed by atoms with Crippen LogP contribution >= 0.6 is 11.6 Å². The molecule has 1 unspecified atom stereocenters. The van der Waals surface area contributed by atoms with E-state index in [0.717, 1.165) is 29.3 Å². The van der Waals surface area contributed by atoms with Crippen LogP contribution < -0.4 is 10.1 Å². The van der Waals surface area contributed by atoms with Gasteiger partial charge in [-0.05, 0) is 48.7 Å². The Labute approximate surface area is 132 Å². The average Bonchev–Trinajstić information content (AvgIpc) is 2.49. The molecule has 1 N–H and O–H groups in total. The highest BCUT2D eigenvalue weighted by Gasteiger charge is 2.13. The number of aryl methyl sites for hydroxylation is 1. The summed E-state index contributed by atoms with van der Waals surface area (Å²) in [6, 6.07) is 14.5. The molecule has 0 bridgehead atoms. The first-order valence-corrected chi connectivity index (χ1v) is 7.68. The molecule has 0 saturated carbocycles. The molecule has 0 fully saturated rings. The van der Waals surface area contributed by atoms with E-state index >= 15 is 0 Å². The van der Waals surface area contributed by atoms with Crippen LogP contribution in [0, 0.1) is 6.92 Å². The van der Waals surface area contributed by atoms with E-state index in [2.05, 4.69) is 43.4 Å². The predicted molar refractivity (Wildman–Crippen MR) is 90.5 cm³/mol. The maximum atomic E-state index is 5.98. The summed E-state index contributed by atoms with van der Waals surface area (Å²) in [5.74, 6) is 0.880. The van der Waals surface area contributed by atoms with Gasteiger partial charge in [0.2, 0.25) is 0 Å². The molecular weight excluding hydrogens is 282 g/mol. The zero-order valence-electron chi connectivity index (χ0n) is 12.8. The van der Waals surface area contributed by atoms with Crippen LogP contribution in [0.3, 0.4) is 0 Å². The summed E-state index contributed by atoms with van der Waals surface area (Å²) in [5, 5.41) is 4.36. The predicted octanol–water partition coefficient (Wildman–Crippen LogP) is 5.61. The molecule has 0 radical (unpaired) electrons. The monoisotopic (exact) mass is 303 g/mol. The fourth-order valence-electron chi connectivity index (χ4n) is 2.41. The van der Waals surface area contributed by atoms with Gasteiger partial charge in [-0.1, -0.05) is 43.1 Å². The minimum Gasteiger partial charge on any atom is -0.495 e. The lowest BCUT2D eigenvalue weighted by molar-refractivity contribution is 0.415. The second-order valence-electron chi connectivity index (χ2n) is 5.24. The number of methoxy groups -OCH3 is 1. The maximum absolute atomic E-state index is 5.98. The third-order valence-corrected chi connectivity index (χ3v) is 3.79. The summed E-state index contributed by atoms with van der Waals surface area (Å²) < 4.78 is 5.48. The third-order valence-electron chi connectivity index (χ3n) is 3.54. The molecule has 0 spiro atoms. The minimum absolute atomic E-state index is 0.254. The van der Waals surface area contributed by atoms with Gasteiger partial charge in [0.15, 0.2) is 0 Å². The zero-order chi connectivity index (χ0) is 15.2. The summed E-state index contributed by atoms with van der Waals surface area (Å²) in [4.78, 5) is 0. The topological polar surface area (TPSA) is 21.3 Å². The van der Waals surface area contributed by atoms with Gasteiger partial charge in [-0.25, -0.2) is 0 Å². The van der Waals surface area contributed by atoms with Crippen LogP contribution in [-0.4, -0.2) is 7.11 Å². The Balaban J connectivity index is 2.25. The van der Waals surface area contributed by atoms with Gasteiger partial charge in [-0.2, -0.15) is 0 Å². The standard InChI is InChI=1S/C18H22ClNO/c1-4-5-16(14-7-9-15(19)10-8-14)20-17-11-6-13(2)12-18(17)21-3/h6-12,16,20H,4-5H2,1-3H3. The van der Waals surface area contributed by atoms with Gasteiger partial charge in [-0.3, -0.25) is 0 Å². The third kappa shape index (κ3) is 4.15. The lowest BCUT2D eigenvalue weighted by atomic mass is 10.0. The number of ether oxygens (including phenoxy) is 1. The molecule has 0 aromatic heterocycles. The van der Waals surface area contributed by atoms with Gasteiger partial charge in [0.05, 0.1) is 18.8 Å². The van der Waals surface area contributed by atoms with Gasteiger partial charge in [0.1, 0.15) is 5.75 Å². The molecule has 2 aromatic carbocycles. The quantitative estimate of drug-likeness (QED) is 0.749. The lowest BCUT2D eigenvalue weighted by Crippen LogP contribution is -2.11. The number of benzene rings is 2. The summed E-state index contributed by atoms with van der Waals surface area (Å²) in [6.45, 7) is 4.26. The van der Waals surface area contributed by atoms with Crippen molar-refractivity contribution >= 4 is 17.3 Å². The van der Waals surface area contributed by atoms with Crippen molar-refractivity contribution in [1.82, 2.24) is 0 Å². The van der Waals surface area contributed by atoms with Crippen molar-refractivity contribution in [2.45, 2.75) is 32.7 Å². The Morgan fingerprint density at radius 2 is 1.86 bits per heavy atom. The first-order chi connectivity index (χ1) is 10.1. The van der Waals surface area contributed by atoms with Crippen LogP contribution in [0.2, 0.25) is 5.02 Å². The van der Waals surface area contributed by atoms with Crippen LogP contribution in [-0.2, 0) is 0 Å². The average molecular weight is 304 g/mol. The van der Waals surface area contributed by atoms with E-state index in [9.17, 15) is 0 Å². The summed E-state index contributed by atoms with van der Waals surface area (Å²) in [5.41, 5.74) is 3.45. The molecule has 2 rings (SSSR count). The summed E-state index contributed by atoms with van der Waals surface area (Å²) in [6.07, 6.45) is 2.16. The highest BCUT2D eigenvalue weighted by Crippen LogP contribution is 2.31. The van der Waals surface area contributed by atoms with E-state index < -0.39 is 0 Å². The Morgan fingerprint density at radius 3 is 2.48 bits per heavy atom. The number of hydrogen-bond acceptors (Lipinski definition) is 2. The molecule has 3 heteroatoms. The summed E-state index contributed by atoms with van der Waals surface area (Å²) in [7, 11) is 1.71. The molecule has 0 aliphatic rings. The maximum Gasteiger partial charge on any atom is 0.142 e. The highest BCUT2D eigenvalue weighted by molar-refractivity contribution is 6.30. The SMILES string of the molecule is CCCC(Nc1ccc(C)cc1OC)c1ccc(Cl)cc1. The normalized spacial score (nSPS) is 12.0. The second-order valence-corrected chi connectivity index (χ2v) is 5.68. The molecule has 0 aliphatic heterocycles. The van der Waals surface area contributed by atoms with Crippen molar-refractivity contribution in [3.8, 4) is 5.75 Å². The number of hydrogen-bond donors (Lipinski definition) is 1.